The van der Waals surface area contributed by atoms with Crippen molar-refractivity contribution in [3.05, 3.63) is 42.2 Å². The van der Waals surface area contributed by atoms with Gasteiger partial charge >= 0.3 is 5.97 Å². The summed E-state index contributed by atoms with van der Waals surface area (Å²) in [6.07, 6.45) is 0.668. The van der Waals surface area contributed by atoms with Crippen molar-refractivity contribution < 1.29 is 19.4 Å². The summed E-state index contributed by atoms with van der Waals surface area (Å²) in [6.45, 7) is 3.12. The zero-order chi connectivity index (χ0) is 12.7. The number of rotatable bonds is 5. The Balaban J connectivity index is 2.46. The molecule has 0 aliphatic heterocycles. The van der Waals surface area contributed by atoms with E-state index >= 15 is 0 Å². The minimum atomic E-state index is -0.665. The second-order valence-corrected chi connectivity index (χ2v) is 3.68. The quantitative estimate of drug-likeness (QED) is 0.482. The lowest BCUT2D eigenvalue weighted by atomic mass is 10.3. The molecule has 0 radical (unpaired) electrons. The summed E-state index contributed by atoms with van der Waals surface area (Å²) in [5.74, 6) is 0.150. The van der Waals surface area contributed by atoms with Crippen LogP contribution < -0.4 is 4.74 Å². The third-order valence-corrected chi connectivity index (χ3v) is 1.89. The standard InChI is InChI=1S/C13H16O4/c1-10(13(15)17-9-11(2)14)8-16-12-6-4-3-5-7-12/h3-8,11,14H,9H2,1-2H3/b10-8+. The summed E-state index contributed by atoms with van der Waals surface area (Å²) in [5.41, 5.74) is 0.342. The SMILES string of the molecule is C/C(=C\Oc1ccccc1)C(=O)OCC(C)O. The van der Waals surface area contributed by atoms with Crippen molar-refractivity contribution in [2.24, 2.45) is 0 Å². The first-order chi connectivity index (χ1) is 8.09. The molecule has 1 rings (SSSR count). The largest absolute Gasteiger partial charge is 0.464 e. The van der Waals surface area contributed by atoms with Crippen LogP contribution in [0.3, 0.4) is 0 Å². The van der Waals surface area contributed by atoms with Gasteiger partial charge in [-0.1, -0.05) is 18.2 Å². The normalized spacial score (nSPS) is 13.0. The van der Waals surface area contributed by atoms with Crippen LogP contribution in [-0.4, -0.2) is 23.8 Å². The number of benzene rings is 1. The molecule has 1 aromatic rings. The fourth-order valence-corrected chi connectivity index (χ4v) is 1.01. The van der Waals surface area contributed by atoms with Gasteiger partial charge < -0.3 is 14.6 Å². The number of ether oxygens (including phenoxy) is 2. The summed E-state index contributed by atoms with van der Waals surface area (Å²) in [6, 6.07) is 9.12. The first kappa shape index (κ1) is 13.3. The van der Waals surface area contributed by atoms with E-state index < -0.39 is 12.1 Å². The fraction of sp³-hybridized carbons (Fsp3) is 0.308. The van der Waals surface area contributed by atoms with Gasteiger partial charge in [0.15, 0.2) is 0 Å². The van der Waals surface area contributed by atoms with E-state index in [0.29, 0.717) is 11.3 Å². The van der Waals surface area contributed by atoms with Gasteiger partial charge in [0, 0.05) is 0 Å². The van der Waals surface area contributed by atoms with Crippen LogP contribution in [0.15, 0.2) is 42.2 Å². The van der Waals surface area contributed by atoms with Crippen LogP contribution in [0.5, 0.6) is 5.75 Å². The highest BCUT2D eigenvalue weighted by Crippen LogP contribution is 2.10. The van der Waals surface area contributed by atoms with Gasteiger partial charge in [0.05, 0.1) is 11.7 Å². The van der Waals surface area contributed by atoms with Gasteiger partial charge in [-0.2, -0.15) is 0 Å². The van der Waals surface area contributed by atoms with E-state index in [4.69, 9.17) is 14.6 Å². The average Bonchev–Trinajstić information content (AvgIpc) is 2.34. The van der Waals surface area contributed by atoms with Crippen molar-refractivity contribution in [2.75, 3.05) is 6.61 Å². The molecule has 0 fully saturated rings. The molecule has 0 aliphatic carbocycles. The van der Waals surface area contributed by atoms with Crippen LogP contribution in [0.2, 0.25) is 0 Å². The maximum Gasteiger partial charge on any atom is 0.336 e. The van der Waals surface area contributed by atoms with E-state index in [0.717, 1.165) is 0 Å². The number of aliphatic hydroxyl groups excluding tert-OH is 1. The first-order valence-corrected chi connectivity index (χ1v) is 5.33. The molecule has 92 valence electrons. The number of aliphatic hydroxyl groups is 1. The van der Waals surface area contributed by atoms with Crippen molar-refractivity contribution in [1.82, 2.24) is 0 Å². The van der Waals surface area contributed by atoms with Crippen molar-refractivity contribution in [2.45, 2.75) is 20.0 Å². The third kappa shape index (κ3) is 5.17. The number of carbonyl (C=O) groups is 1. The molecule has 1 unspecified atom stereocenters. The van der Waals surface area contributed by atoms with Crippen molar-refractivity contribution in [1.29, 1.82) is 0 Å². The molecule has 0 saturated carbocycles. The maximum atomic E-state index is 11.4. The Kier molecular flexibility index (Phi) is 5.23. The van der Waals surface area contributed by atoms with Crippen molar-refractivity contribution >= 4 is 5.97 Å². The van der Waals surface area contributed by atoms with E-state index in [1.165, 1.54) is 6.26 Å². The maximum absolute atomic E-state index is 11.4. The van der Waals surface area contributed by atoms with Crippen LogP contribution >= 0.6 is 0 Å². The highest BCUT2D eigenvalue weighted by molar-refractivity contribution is 5.87. The fourth-order valence-electron chi connectivity index (χ4n) is 1.01. The number of hydrogen-bond donors (Lipinski definition) is 1. The predicted octanol–water partition coefficient (Wildman–Crippen LogP) is 1.89. The zero-order valence-electron chi connectivity index (χ0n) is 9.92. The molecule has 4 heteroatoms. The lowest BCUT2D eigenvalue weighted by Crippen LogP contribution is -2.16. The number of para-hydroxylation sites is 1. The van der Waals surface area contributed by atoms with E-state index in [2.05, 4.69) is 0 Å². The highest BCUT2D eigenvalue weighted by Gasteiger charge is 2.07. The van der Waals surface area contributed by atoms with Crippen molar-refractivity contribution in [3.63, 3.8) is 0 Å². The van der Waals surface area contributed by atoms with Gasteiger partial charge in [0.25, 0.3) is 0 Å². The van der Waals surface area contributed by atoms with Gasteiger partial charge in [-0.15, -0.1) is 0 Å². The molecule has 0 aliphatic rings. The molecule has 1 aromatic carbocycles. The molecule has 17 heavy (non-hydrogen) atoms. The van der Waals surface area contributed by atoms with Crippen LogP contribution in [-0.2, 0) is 9.53 Å². The Morgan fingerprint density at radius 3 is 2.65 bits per heavy atom. The summed E-state index contributed by atoms with van der Waals surface area (Å²) in [5, 5.41) is 8.96. The molecule has 1 atom stereocenters. The molecular weight excluding hydrogens is 220 g/mol. The molecule has 0 aromatic heterocycles. The average molecular weight is 236 g/mol. The Bertz CT molecular complexity index is 382. The van der Waals surface area contributed by atoms with E-state index in [1.54, 1.807) is 26.0 Å². The molecule has 0 amide bonds. The number of hydrogen-bond acceptors (Lipinski definition) is 4. The van der Waals surface area contributed by atoms with Crippen molar-refractivity contribution in [3.8, 4) is 5.75 Å². The van der Waals surface area contributed by atoms with Crippen LogP contribution in [0, 0.1) is 0 Å². The Morgan fingerprint density at radius 2 is 2.06 bits per heavy atom. The first-order valence-electron chi connectivity index (χ1n) is 5.33. The number of esters is 1. The van der Waals surface area contributed by atoms with Gasteiger partial charge in [0.2, 0.25) is 0 Å². The van der Waals surface area contributed by atoms with Crippen LogP contribution in [0.4, 0.5) is 0 Å². The van der Waals surface area contributed by atoms with E-state index in [9.17, 15) is 4.79 Å². The molecule has 0 saturated heterocycles. The minimum Gasteiger partial charge on any atom is -0.464 e. The molecule has 1 N–H and O–H groups in total. The second kappa shape index (κ2) is 6.70. The molecule has 4 nitrogen and oxygen atoms in total. The van der Waals surface area contributed by atoms with Gasteiger partial charge in [-0.05, 0) is 26.0 Å². The van der Waals surface area contributed by atoms with E-state index in [1.807, 2.05) is 18.2 Å². The third-order valence-electron chi connectivity index (χ3n) is 1.89. The van der Waals surface area contributed by atoms with Crippen LogP contribution in [0.1, 0.15) is 13.8 Å². The zero-order valence-corrected chi connectivity index (χ0v) is 9.92. The van der Waals surface area contributed by atoms with Gasteiger partial charge in [-0.25, -0.2) is 4.79 Å². The monoisotopic (exact) mass is 236 g/mol. The summed E-state index contributed by atoms with van der Waals surface area (Å²) in [7, 11) is 0. The lowest BCUT2D eigenvalue weighted by molar-refractivity contribution is -0.141. The molecule has 0 heterocycles. The lowest BCUT2D eigenvalue weighted by Gasteiger charge is -2.06. The summed E-state index contributed by atoms with van der Waals surface area (Å²) < 4.78 is 10.1. The van der Waals surface area contributed by atoms with Gasteiger partial charge in [-0.3, -0.25) is 0 Å². The topological polar surface area (TPSA) is 55.8 Å². The van der Waals surface area contributed by atoms with E-state index in [-0.39, 0.29) is 6.61 Å². The Hall–Kier alpha value is -1.81. The summed E-state index contributed by atoms with van der Waals surface area (Å²) in [4.78, 5) is 11.4. The minimum absolute atomic E-state index is 0.0185. The Labute approximate surface area is 100 Å². The Morgan fingerprint density at radius 1 is 1.41 bits per heavy atom. The highest BCUT2D eigenvalue weighted by atomic mass is 16.5. The van der Waals surface area contributed by atoms with Gasteiger partial charge in [0.1, 0.15) is 18.6 Å². The molecule has 0 bridgehead atoms. The molecular formula is C13H16O4. The second-order valence-electron chi connectivity index (χ2n) is 3.68. The summed E-state index contributed by atoms with van der Waals surface area (Å²) >= 11 is 0. The smallest absolute Gasteiger partial charge is 0.336 e. The number of carbonyl (C=O) groups excluding carboxylic acids is 1. The molecule has 0 spiro atoms. The predicted molar refractivity (Wildman–Crippen MR) is 63.5 cm³/mol. The van der Waals surface area contributed by atoms with Crippen LogP contribution in [0.25, 0.3) is 0 Å².